The van der Waals surface area contributed by atoms with Gasteiger partial charge in [-0.25, -0.2) is 0 Å². The standard InChI is InChI=1S/C23H28N2O6/c1-28-19-11-17(12-20(29-2)21(19)30-3)23(27)24-13-15-6-8-16(9-7-15)22(26)25-14-18-5-4-10-31-18/h6-9,11-12,18H,4-5,10,13-14H2,1-3H3,(H,24,27)(H,25,26). The van der Waals surface area contributed by atoms with Gasteiger partial charge in [-0.05, 0) is 42.7 Å². The van der Waals surface area contributed by atoms with Crippen LogP contribution < -0.4 is 24.8 Å². The van der Waals surface area contributed by atoms with Crippen LogP contribution in [0.3, 0.4) is 0 Å². The zero-order valence-corrected chi connectivity index (χ0v) is 18.0. The van der Waals surface area contributed by atoms with Gasteiger partial charge in [-0.3, -0.25) is 9.59 Å². The highest BCUT2D eigenvalue weighted by atomic mass is 16.5. The Balaban J connectivity index is 1.57. The molecule has 1 saturated heterocycles. The van der Waals surface area contributed by atoms with Gasteiger partial charge in [0.05, 0.1) is 27.4 Å². The fourth-order valence-electron chi connectivity index (χ4n) is 3.38. The molecule has 2 N–H and O–H groups in total. The van der Waals surface area contributed by atoms with Crippen LogP contribution in [0.1, 0.15) is 39.1 Å². The zero-order valence-electron chi connectivity index (χ0n) is 18.0. The molecular weight excluding hydrogens is 400 g/mol. The van der Waals surface area contributed by atoms with Crippen LogP contribution in [0.2, 0.25) is 0 Å². The van der Waals surface area contributed by atoms with Crippen LogP contribution in [0.4, 0.5) is 0 Å². The number of hydrogen-bond donors (Lipinski definition) is 2. The third kappa shape index (κ3) is 5.67. The van der Waals surface area contributed by atoms with Crippen molar-refractivity contribution in [3.8, 4) is 17.2 Å². The number of ether oxygens (including phenoxy) is 4. The Labute approximate surface area is 181 Å². The van der Waals surface area contributed by atoms with E-state index < -0.39 is 0 Å². The molecule has 2 aromatic carbocycles. The number of carbonyl (C=O) groups is 2. The van der Waals surface area contributed by atoms with Gasteiger partial charge in [-0.2, -0.15) is 0 Å². The molecule has 2 amide bonds. The third-order valence-electron chi connectivity index (χ3n) is 5.11. The number of benzene rings is 2. The quantitative estimate of drug-likeness (QED) is 0.637. The van der Waals surface area contributed by atoms with Crippen molar-refractivity contribution in [1.29, 1.82) is 0 Å². The van der Waals surface area contributed by atoms with Gasteiger partial charge in [-0.1, -0.05) is 12.1 Å². The minimum absolute atomic E-state index is 0.105. The monoisotopic (exact) mass is 428 g/mol. The van der Waals surface area contributed by atoms with E-state index in [0.717, 1.165) is 25.0 Å². The summed E-state index contributed by atoms with van der Waals surface area (Å²) in [5, 5.41) is 5.75. The first kappa shape index (κ1) is 22.4. The number of methoxy groups -OCH3 is 3. The van der Waals surface area contributed by atoms with Gasteiger partial charge < -0.3 is 29.6 Å². The summed E-state index contributed by atoms with van der Waals surface area (Å²) >= 11 is 0. The summed E-state index contributed by atoms with van der Waals surface area (Å²) in [6.07, 6.45) is 2.12. The molecule has 31 heavy (non-hydrogen) atoms. The van der Waals surface area contributed by atoms with E-state index in [0.29, 0.717) is 41.5 Å². The van der Waals surface area contributed by atoms with Crippen molar-refractivity contribution >= 4 is 11.8 Å². The number of hydrogen-bond acceptors (Lipinski definition) is 6. The smallest absolute Gasteiger partial charge is 0.251 e. The Morgan fingerprint density at radius 3 is 2.13 bits per heavy atom. The molecule has 1 atom stereocenters. The maximum absolute atomic E-state index is 12.6. The molecule has 3 rings (SSSR count). The van der Waals surface area contributed by atoms with E-state index in [4.69, 9.17) is 18.9 Å². The van der Waals surface area contributed by atoms with Gasteiger partial charge in [0.1, 0.15) is 0 Å². The molecule has 1 heterocycles. The van der Waals surface area contributed by atoms with E-state index in [9.17, 15) is 9.59 Å². The van der Waals surface area contributed by atoms with Gasteiger partial charge in [0.25, 0.3) is 11.8 Å². The van der Waals surface area contributed by atoms with E-state index in [2.05, 4.69) is 10.6 Å². The molecule has 0 saturated carbocycles. The number of carbonyl (C=O) groups excluding carboxylic acids is 2. The molecule has 0 aliphatic carbocycles. The Morgan fingerprint density at radius 2 is 1.58 bits per heavy atom. The first-order chi connectivity index (χ1) is 15.0. The number of amides is 2. The van der Waals surface area contributed by atoms with Crippen molar-refractivity contribution in [3.05, 3.63) is 53.1 Å². The summed E-state index contributed by atoms with van der Waals surface area (Å²) in [5.41, 5.74) is 1.83. The summed E-state index contributed by atoms with van der Waals surface area (Å²) in [4.78, 5) is 24.9. The lowest BCUT2D eigenvalue weighted by Crippen LogP contribution is -2.31. The summed E-state index contributed by atoms with van der Waals surface area (Å²) < 4.78 is 21.4. The van der Waals surface area contributed by atoms with Crippen LogP contribution in [-0.4, -0.2) is 52.4 Å². The molecule has 2 aromatic rings. The second-order valence-corrected chi connectivity index (χ2v) is 7.14. The van der Waals surface area contributed by atoms with E-state index in [1.165, 1.54) is 21.3 Å². The normalized spacial score (nSPS) is 15.3. The van der Waals surface area contributed by atoms with Gasteiger partial charge in [-0.15, -0.1) is 0 Å². The van der Waals surface area contributed by atoms with Crippen LogP contribution >= 0.6 is 0 Å². The lowest BCUT2D eigenvalue weighted by Gasteiger charge is -2.14. The highest BCUT2D eigenvalue weighted by molar-refractivity contribution is 5.96. The van der Waals surface area contributed by atoms with Gasteiger partial charge in [0.15, 0.2) is 11.5 Å². The molecule has 1 aliphatic rings. The van der Waals surface area contributed by atoms with Crippen molar-refractivity contribution in [1.82, 2.24) is 10.6 Å². The van der Waals surface area contributed by atoms with Gasteiger partial charge >= 0.3 is 0 Å². The highest BCUT2D eigenvalue weighted by Crippen LogP contribution is 2.38. The second kappa shape index (κ2) is 10.7. The molecule has 8 heteroatoms. The average Bonchev–Trinajstić information content (AvgIpc) is 3.34. The predicted octanol–water partition coefficient (Wildman–Crippen LogP) is 2.55. The Morgan fingerprint density at radius 1 is 0.935 bits per heavy atom. The maximum Gasteiger partial charge on any atom is 0.251 e. The van der Waals surface area contributed by atoms with E-state index in [1.54, 1.807) is 24.3 Å². The summed E-state index contributed by atoms with van der Waals surface area (Å²) in [6.45, 7) is 1.59. The fraction of sp³-hybridized carbons (Fsp3) is 0.391. The zero-order chi connectivity index (χ0) is 22.2. The third-order valence-corrected chi connectivity index (χ3v) is 5.11. The Bertz CT molecular complexity index is 882. The molecule has 0 spiro atoms. The first-order valence-corrected chi connectivity index (χ1v) is 10.1. The SMILES string of the molecule is COc1cc(C(=O)NCc2ccc(C(=O)NCC3CCCO3)cc2)cc(OC)c1OC. The van der Waals surface area contributed by atoms with Crippen molar-refractivity contribution in [2.45, 2.75) is 25.5 Å². The van der Waals surface area contributed by atoms with E-state index >= 15 is 0 Å². The molecule has 8 nitrogen and oxygen atoms in total. The van der Waals surface area contributed by atoms with Crippen molar-refractivity contribution in [2.24, 2.45) is 0 Å². The van der Waals surface area contributed by atoms with E-state index in [-0.39, 0.29) is 17.9 Å². The van der Waals surface area contributed by atoms with Crippen LogP contribution in [0, 0.1) is 0 Å². The second-order valence-electron chi connectivity index (χ2n) is 7.14. The van der Waals surface area contributed by atoms with Crippen LogP contribution in [-0.2, 0) is 11.3 Å². The van der Waals surface area contributed by atoms with Crippen LogP contribution in [0.5, 0.6) is 17.2 Å². The van der Waals surface area contributed by atoms with Crippen molar-refractivity contribution in [3.63, 3.8) is 0 Å². The molecule has 1 aliphatic heterocycles. The molecule has 0 bridgehead atoms. The van der Waals surface area contributed by atoms with Crippen molar-refractivity contribution < 1.29 is 28.5 Å². The average molecular weight is 428 g/mol. The van der Waals surface area contributed by atoms with Crippen LogP contribution in [0.15, 0.2) is 36.4 Å². The maximum atomic E-state index is 12.6. The van der Waals surface area contributed by atoms with Gasteiger partial charge in [0.2, 0.25) is 5.75 Å². The van der Waals surface area contributed by atoms with Crippen LogP contribution in [0.25, 0.3) is 0 Å². The van der Waals surface area contributed by atoms with Gasteiger partial charge in [0, 0.05) is 30.8 Å². The van der Waals surface area contributed by atoms with Crippen molar-refractivity contribution in [2.75, 3.05) is 34.5 Å². The summed E-state index contributed by atoms with van der Waals surface area (Å²) in [7, 11) is 4.50. The largest absolute Gasteiger partial charge is 0.493 e. The highest BCUT2D eigenvalue weighted by Gasteiger charge is 2.18. The number of rotatable bonds is 9. The predicted molar refractivity (Wildman–Crippen MR) is 115 cm³/mol. The fourth-order valence-corrected chi connectivity index (χ4v) is 3.38. The summed E-state index contributed by atoms with van der Waals surface area (Å²) in [6, 6.07) is 10.3. The molecular formula is C23H28N2O6. The Hall–Kier alpha value is -3.26. The molecule has 0 aromatic heterocycles. The molecule has 1 unspecified atom stereocenters. The van der Waals surface area contributed by atoms with E-state index in [1.807, 2.05) is 12.1 Å². The topological polar surface area (TPSA) is 95.1 Å². The molecule has 166 valence electrons. The number of nitrogens with one attached hydrogen (secondary N) is 2. The molecule has 1 fully saturated rings. The minimum Gasteiger partial charge on any atom is -0.493 e. The summed E-state index contributed by atoms with van der Waals surface area (Å²) in [5.74, 6) is 0.826. The lowest BCUT2D eigenvalue weighted by molar-refractivity contribution is 0.0857. The first-order valence-electron chi connectivity index (χ1n) is 10.1. The molecule has 0 radical (unpaired) electrons. The lowest BCUT2D eigenvalue weighted by atomic mass is 10.1. The minimum atomic E-state index is -0.280. The Kier molecular flexibility index (Phi) is 7.72.